The highest BCUT2D eigenvalue weighted by Crippen LogP contribution is 2.13. The highest BCUT2D eigenvalue weighted by Gasteiger charge is 2.11. The minimum Gasteiger partial charge on any atom is -0.476 e. The van der Waals surface area contributed by atoms with E-state index < -0.39 is 5.97 Å². The minimum atomic E-state index is -1.02. The molecule has 0 aliphatic heterocycles. The van der Waals surface area contributed by atoms with Crippen LogP contribution in [0.2, 0.25) is 0 Å². The molecule has 0 bridgehead atoms. The van der Waals surface area contributed by atoms with Gasteiger partial charge < -0.3 is 5.11 Å². The van der Waals surface area contributed by atoms with E-state index in [1.165, 1.54) is 4.68 Å². The molecule has 0 spiro atoms. The maximum absolute atomic E-state index is 10.3. The lowest BCUT2D eigenvalue weighted by Gasteiger charge is -1.84. The molecule has 12 heavy (non-hydrogen) atoms. The smallest absolute Gasteiger partial charge is 0.357 e. The maximum Gasteiger partial charge on any atom is 0.357 e. The van der Waals surface area contributed by atoms with Crippen LogP contribution in [0.25, 0.3) is 0 Å². The number of halogens is 1. The van der Waals surface area contributed by atoms with Crippen LogP contribution in [0.3, 0.4) is 0 Å². The average Bonchev–Trinajstić information content (AvgIpc) is 2.34. The lowest BCUT2D eigenvalue weighted by atomic mass is 10.4. The van der Waals surface area contributed by atoms with Crippen LogP contribution in [0, 0.1) is 0 Å². The lowest BCUT2D eigenvalue weighted by Crippen LogP contribution is -1.99. The van der Waals surface area contributed by atoms with Gasteiger partial charge in [-0.25, -0.2) is 4.79 Å². The number of aryl methyl sites for hydroxylation is 1. The van der Waals surface area contributed by atoms with E-state index in [4.69, 9.17) is 5.11 Å². The third kappa shape index (κ3) is 2.65. The van der Waals surface area contributed by atoms with Crippen LogP contribution in [0.5, 0.6) is 0 Å². The van der Waals surface area contributed by atoms with Crippen LogP contribution in [0.15, 0.2) is 10.7 Å². The van der Waals surface area contributed by atoms with Gasteiger partial charge >= 0.3 is 5.97 Å². The zero-order valence-electron chi connectivity index (χ0n) is 7.21. The van der Waals surface area contributed by atoms with E-state index >= 15 is 0 Å². The molecular formula is C7H11BrN2O2. The summed E-state index contributed by atoms with van der Waals surface area (Å²) in [7, 11) is 1.66. The molecule has 1 N–H and O–H groups in total. The topological polar surface area (TPSA) is 55.1 Å². The molecule has 0 atom stereocenters. The maximum atomic E-state index is 10.3. The van der Waals surface area contributed by atoms with E-state index in [1.807, 2.05) is 13.8 Å². The third-order valence-electron chi connectivity index (χ3n) is 0.987. The molecule has 1 aromatic heterocycles. The highest BCUT2D eigenvalue weighted by atomic mass is 79.9. The summed E-state index contributed by atoms with van der Waals surface area (Å²) >= 11 is 3.05. The molecule has 0 unspecified atom stereocenters. The Bertz CT molecular complexity index is 270. The molecule has 0 fully saturated rings. The number of aromatic nitrogens is 2. The van der Waals surface area contributed by atoms with Gasteiger partial charge in [0, 0.05) is 13.2 Å². The summed E-state index contributed by atoms with van der Waals surface area (Å²) in [5.41, 5.74) is 0.0440. The average molecular weight is 235 g/mol. The Morgan fingerprint density at radius 1 is 1.67 bits per heavy atom. The third-order valence-corrected chi connectivity index (χ3v) is 1.57. The molecule has 0 saturated heterocycles. The van der Waals surface area contributed by atoms with Crippen molar-refractivity contribution in [1.82, 2.24) is 9.78 Å². The number of nitrogens with zero attached hydrogens (tertiary/aromatic N) is 2. The quantitative estimate of drug-likeness (QED) is 0.808. The molecule has 68 valence electrons. The molecule has 1 heterocycles. The van der Waals surface area contributed by atoms with Crippen LogP contribution in [0.1, 0.15) is 24.3 Å². The van der Waals surface area contributed by atoms with Crippen molar-refractivity contribution in [3.63, 3.8) is 0 Å². The largest absolute Gasteiger partial charge is 0.476 e. The van der Waals surface area contributed by atoms with Crippen molar-refractivity contribution in [3.8, 4) is 0 Å². The van der Waals surface area contributed by atoms with Crippen molar-refractivity contribution in [2.45, 2.75) is 13.8 Å². The van der Waals surface area contributed by atoms with Gasteiger partial charge in [0.15, 0.2) is 5.69 Å². The van der Waals surface area contributed by atoms with E-state index in [1.54, 1.807) is 13.2 Å². The zero-order chi connectivity index (χ0) is 9.72. The molecule has 1 aromatic rings. The van der Waals surface area contributed by atoms with Crippen LogP contribution >= 0.6 is 15.9 Å². The van der Waals surface area contributed by atoms with Gasteiger partial charge in [-0.1, -0.05) is 13.8 Å². The number of carboxylic acids is 1. The van der Waals surface area contributed by atoms with Gasteiger partial charge in [-0.05, 0) is 15.9 Å². The van der Waals surface area contributed by atoms with E-state index in [2.05, 4.69) is 21.0 Å². The molecule has 0 aliphatic carbocycles. The number of aromatic carboxylic acids is 1. The highest BCUT2D eigenvalue weighted by molar-refractivity contribution is 9.10. The summed E-state index contributed by atoms with van der Waals surface area (Å²) < 4.78 is 1.94. The minimum absolute atomic E-state index is 0.0440. The van der Waals surface area contributed by atoms with Gasteiger partial charge in [0.1, 0.15) is 0 Å². The SMILES string of the molecule is CC.Cn1cc(Br)c(C(=O)O)n1. The first-order chi connectivity index (χ1) is 5.61. The standard InChI is InChI=1S/C5H5BrN2O2.C2H6/c1-8-2-3(6)4(7-8)5(9)10;1-2/h2H,1H3,(H,9,10);1-2H3. The van der Waals surface area contributed by atoms with Crippen molar-refractivity contribution in [1.29, 1.82) is 0 Å². The molecule has 0 saturated carbocycles. The molecule has 0 aliphatic rings. The first-order valence-electron chi connectivity index (χ1n) is 3.53. The Labute approximate surface area is 79.3 Å². The molecular weight excluding hydrogens is 224 g/mol. The fourth-order valence-corrected chi connectivity index (χ4v) is 1.15. The van der Waals surface area contributed by atoms with Crippen molar-refractivity contribution in [2.24, 2.45) is 7.05 Å². The molecule has 5 heteroatoms. The Morgan fingerprint density at radius 3 is 2.33 bits per heavy atom. The molecule has 0 amide bonds. The second-order valence-electron chi connectivity index (χ2n) is 1.80. The van der Waals surface area contributed by atoms with Crippen LogP contribution in [-0.4, -0.2) is 20.9 Å². The van der Waals surface area contributed by atoms with Gasteiger partial charge in [-0.3, -0.25) is 4.68 Å². The Hall–Kier alpha value is -0.840. The summed E-state index contributed by atoms with van der Waals surface area (Å²) in [6.45, 7) is 4.00. The lowest BCUT2D eigenvalue weighted by molar-refractivity contribution is 0.0688. The van der Waals surface area contributed by atoms with Crippen LogP contribution in [-0.2, 0) is 7.05 Å². The summed E-state index contributed by atoms with van der Waals surface area (Å²) in [4.78, 5) is 10.3. The number of carboxylic acid groups (broad SMARTS) is 1. The summed E-state index contributed by atoms with van der Waals surface area (Å²) in [6, 6.07) is 0. The number of hydrogen-bond donors (Lipinski definition) is 1. The van der Waals surface area contributed by atoms with Crippen molar-refractivity contribution in [3.05, 3.63) is 16.4 Å². The fraction of sp³-hybridized carbons (Fsp3) is 0.429. The number of carbonyl (C=O) groups is 1. The molecule has 4 nitrogen and oxygen atoms in total. The van der Waals surface area contributed by atoms with E-state index in [0.717, 1.165) is 0 Å². The predicted octanol–water partition coefficient (Wildman–Crippen LogP) is 1.91. The number of hydrogen-bond acceptors (Lipinski definition) is 2. The summed E-state index contributed by atoms with van der Waals surface area (Å²) in [5.74, 6) is -1.02. The van der Waals surface area contributed by atoms with Crippen LogP contribution < -0.4 is 0 Å². The van der Waals surface area contributed by atoms with Crippen molar-refractivity contribution in [2.75, 3.05) is 0 Å². The van der Waals surface area contributed by atoms with E-state index in [-0.39, 0.29) is 5.69 Å². The fourth-order valence-electron chi connectivity index (χ4n) is 0.604. The number of rotatable bonds is 1. The zero-order valence-corrected chi connectivity index (χ0v) is 8.79. The van der Waals surface area contributed by atoms with Gasteiger partial charge in [0.2, 0.25) is 0 Å². The normalized spacial score (nSPS) is 8.67. The second kappa shape index (κ2) is 4.92. The van der Waals surface area contributed by atoms with Crippen molar-refractivity contribution < 1.29 is 9.90 Å². The van der Waals surface area contributed by atoms with Gasteiger partial charge in [-0.2, -0.15) is 5.10 Å². The van der Waals surface area contributed by atoms with E-state index in [9.17, 15) is 4.79 Å². The Morgan fingerprint density at radius 2 is 2.17 bits per heavy atom. The molecule has 0 aromatic carbocycles. The Balaban J connectivity index is 0.000000561. The summed E-state index contributed by atoms with van der Waals surface area (Å²) in [6.07, 6.45) is 1.59. The second-order valence-corrected chi connectivity index (χ2v) is 2.66. The van der Waals surface area contributed by atoms with Gasteiger partial charge in [0.25, 0.3) is 0 Å². The summed E-state index contributed by atoms with van der Waals surface area (Å²) in [5, 5.41) is 12.2. The Kier molecular flexibility index (Phi) is 4.58. The van der Waals surface area contributed by atoms with Crippen LogP contribution in [0.4, 0.5) is 0 Å². The molecule has 0 radical (unpaired) electrons. The first kappa shape index (κ1) is 11.2. The molecule has 1 rings (SSSR count). The monoisotopic (exact) mass is 234 g/mol. The van der Waals surface area contributed by atoms with Gasteiger partial charge in [-0.15, -0.1) is 0 Å². The van der Waals surface area contributed by atoms with E-state index in [0.29, 0.717) is 4.47 Å². The van der Waals surface area contributed by atoms with Gasteiger partial charge in [0.05, 0.1) is 4.47 Å². The first-order valence-corrected chi connectivity index (χ1v) is 4.33. The predicted molar refractivity (Wildman–Crippen MR) is 49.2 cm³/mol. The van der Waals surface area contributed by atoms with Crippen molar-refractivity contribution >= 4 is 21.9 Å².